The molecule has 0 aromatic carbocycles. The van der Waals surface area contributed by atoms with Gasteiger partial charge in [0.25, 0.3) is 0 Å². The van der Waals surface area contributed by atoms with Gasteiger partial charge in [0.2, 0.25) is 11.8 Å². The van der Waals surface area contributed by atoms with Crippen LogP contribution >= 0.6 is 0 Å². The fraction of sp³-hybridized carbons (Fsp3) is 0.903. The van der Waals surface area contributed by atoms with Crippen molar-refractivity contribution in [2.24, 2.45) is 10.8 Å². The average Bonchev–Trinajstić information content (AvgIpc) is 2.85. The lowest BCUT2D eigenvalue weighted by Crippen LogP contribution is -2.56. The molecule has 0 spiro atoms. The first-order chi connectivity index (χ1) is 18.5. The van der Waals surface area contributed by atoms with Crippen LogP contribution in [0.1, 0.15) is 131 Å². The van der Waals surface area contributed by atoms with Gasteiger partial charge in [-0.05, 0) is 52.4 Å². The van der Waals surface area contributed by atoms with E-state index in [4.69, 9.17) is 14.2 Å². The monoisotopic (exact) mass is 550 g/mol. The number of amides is 2. The van der Waals surface area contributed by atoms with Gasteiger partial charge in [-0.2, -0.15) is 0 Å². The molecule has 8 nitrogen and oxygen atoms in total. The molecular formula is C31H54N2O6. The quantitative estimate of drug-likeness (QED) is 0.217. The molecule has 1 aliphatic heterocycles. The molecule has 3 unspecified atom stereocenters. The standard InChI is InChI=1S/C31H54N2O6/c1-6-7-8-9-10-13-18-31(19-14-20-31)28(36)33-23-15-11-12-16-24(23)38-25(34)17-21-32-27(35)26-29(2,3)22-37-30(4,5)39-26/h23-24,26H,6-22H2,1-5H3,(H,32,35)(H,33,36). The van der Waals surface area contributed by atoms with Crippen LogP contribution in [0.3, 0.4) is 0 Å². The molecule has 2 saturated carbocycles. The lowest BCUT2D eigenvalue weighted by molar-refractivity contribution is -0.304. The molecule has 0 aromatic heterocycles. The minimum absolute atomic E-state index is 0.0813. The molecule has 224 valence electrons. The van der Waals surface area contributed by atoms with Crippen LogP contribution < -0.4 is 10.6 Å². The molecule has 0 aromatic rings. The number of nitrogens with one attached hydrogen (secondary N) is 2. The molecule has 8 heteroatoms. The van der Waals surface area contributed by atoms with E-state index < -0.39 is 17.3 Å². The molecule has 3 fully saturated rings. The Balaban J connectivity index is 1.43. The van der Waals surface area contributed by atoms with Gasteiger partial charge in [0, 0.05) is 17.4 Å². The molecule has 3 atom stereocenters. The van der Waals surface area contributed by atoms with Crippen LogP contribution in [0.5, 0.6) is 0 Å². The first kappa shape index (κ1) is 31.9. The van der Waals surface area contributed by atoms with E-state index in [2.05, 4.69) is 17.6 Å². The summed E-state index contributed by atoms with van der Waals surface area (Å²) >= 11 is 0. The fourth-order valence-electron chi connectivity index (χ4n) is 6.09. The first-order valence-corrected chi connectivity index (χ1v) is 15.6. The van der Waals surface area contributed by atoms with Crippen molar-refractivity contribution in [1.82, 2.24) is 10.6 Å². The minimum atomic E-state index is -0.830. The predicted molar refractivity (Wildman–Crippen MR) is 151 cm³/mol. The maximum atomic E-state index is 13.4. The lowest BCUT2D eigenvalue weighted by Gasteiger charge is -2.44. The van der Waals surface area contributed by atoms with E-state index >= 15 is 0 Å². The van der Waals surface area contributed by atoms with Gasteiger partial charge in [-0.15, -0.1) is 0 Å². The molecule has 2 aliphatic carbocycles. The number of rotatable bonds is 14. The van der Waals surface area contributed by atoms with Gasteiger partial charge in [-0.3, -0.25) is 14.4 Å². The van der Waals surface area contributed by atoms with Crippen molar-refractivity contribution < 1.29 is 28.6 Å². The van der Waals surface area contributed by atoms with E-state index in [1.165, 1.54) is 32.1 Å². The highest BCUT2D eigenvalue weighted by Crippen LogP contribution is 2.46. The Morgan fingerprint density at radius 1 is 0.923 bits per heavy atom. The minimum Gasteiger partial charge on any atom is -0.460 e. The zero-order chi connectivity index (χ0) is 28.5. The van der Waals surface area contributed by atoms with E-state index in [0.29, 0.717) is 6.61 Å². The Morgan fingerprint density at radius 2 is 1.62 bits per heavy atom. The summed E-state index contributed by atoms with van der Waals surface area (Å²) in [6, 6.07) is -0.134. The maximum absolute atomic E-state index is 13.4. The zero-order valence-corrected chi connectivity index (χ0v) is 25.2. The van der Waals surface area contributed by atoms with Gasteiger partial charge < -0.3 is 24.8 Å². The largest absolute Gasteiger partial charge is 0.460 e. The van der Waals surface area contributed by atoms with Crippen molar-refractivity contribution in [3.8, 4) is 0 Å². The van der Waals surface area contributed by atoms with Gasteiger partial charge in [0.1, 0.15) is 12.2 Å². The number of hydrogen-bond acceptors (Lipinski definition) is 6. The molecule has 1 saturated heterocycles. The Labute approximate surface area is 236 Å². The smallest absolute Gasteiger partial charge is 0.307 e. The number of ether oxygens (including phenoxy) is 3. The molecule has 0 radical (unpaired) electrons. The summed E-state index contributed by atoms with van der Waals surface area (Å²) in [5.41, 5.74) is -0.698. The number of hydrogen-bond donors (Lipinski definition) is 2. The molecule has 0 bridgehead atoms. The maximum Gasteiger partial charge on any atom is 0.307 e. The highest BCUT2D eigenvalue weighted by atomic mass is 16.7. The summed E-state index contributed by atoms with van der Waals surface area (Å²) in [7, 11) is 0. The van der Waals surface area contributed by atoms with Crippen LogP contribution in [0.4, 0.5) is 0 Å². The lowest BCUT2D eigenvalue weighted by atomic mass is 9.65. The topological polar surface area (TPSA) is 103 Å². The summed E-state index contributed by atoms with van der Waals surface area (Å²) < 4.78 is 17.4. The van der Waals surface area contributed by atoms with Crippen molar-refractivity contribution in [1.29, 1.82) is 0 Å². The zero-order valence-electron chi connectivity index (χ0n) is 25.2. The van der Waals surface area contributed by atoms with Gasteiger partial charge in [0.15, 0.2) is 5.79 Å². The second kappa shape index (κ2) is 14.3. The van der Waals surface area contributed by atoms with E-state index in [0.717, 1.165) is 57.8 Å². The van der Waals surface area contributed by atoms with Crippen LogP contribution in [0.25, 0.3) is 0 Å². The van der Waals surface area contributed by atoms with Crippen molar-refractivity contribution >= 4 is 17.8 Å². The van der Waals surface area contributed by atoms with Crippen molar-refractivity contribution in [2.75, 3.05) is 13.2 Å². The average molecular weight is 551 g/mol. The van der Waals surface area contributed by atoms with Crippen LogP contribution in [-0.2, 0) is 28.6 Å². The third kappa shape index (κ3) is 9.17. The van der Waals surface area contributed by atoms with Crippen LogP contribution in [0.2, 0.25) is 0 Å². The molecule has 3 aliphatic rings. The van der Waals surface area contributed by atoms with Gasteiger partial charge in [-0.1, -0.05) is 72.1 Å². The van der Waals surface area contributed by atoms with E-state index in [1.54, 1.807) is 13.8 Å². The predicted octanol–water partition coefficient (Wildman–Crippen LogP) is 5.56. The highest BCUT2D eigenvalue weighted by Gasteiger charge is 2.46. The van der Waals surface area contributed by atoms with Crippen molar-refractivity contribution in [2.45, 2.75) is 155 Å². The van der Waals surface area contributed by atoms with Gasteiger partial charge >= 0.3 is 5.97 Å². The number of carbonyl (C=O) groups excluding carboxylic acids is 3. The SMILES string of the molecule is CCCCCCCCC1(C(=O)NC2CCCCC2OC(=O)CCNC(=O)C2OC(C)(C)OCC2(C)C)CCC1. The normalized spacial score (nSPS) is 27.2. The van der Waals surface area contributed by atoms with Gasteiger partial charge in [0.05, 0.1) is 19.1 Å². The molecule has 3 rings (SSSR count). The second-order valence-corrected chi connectivity index (χ2v) is 13.3. The Kier molecular flexibility index (Phi) is 11.7. The number of esters is 1. The third-order valence-electron chi connectivity index (χ3n) is 8.87. The molecule has 2 N–H and O–H groups in total. The molecule has 39 heavy (non-hydrogen) atoms. The second-order valence-electron chi connectivity index (χ2n) is 13.3. The molecule has 2 amide bonds. The third-order valence-corrected chi connectivity index (χ3v) is 8.87. The summed E-state index contributed by atoms with van der Waals surface area (Å²) in [5.74, 6) is -1.27. The van der Waals surface area contributed by atoms with Crippen molar-refractivity contribution in [3.05, 3.63) is 0 Å². The van der Waals surface area contributed by atoms with E-state index in [1.807, 2.05) is 13.8 Å². The van der Waals surface area contributed by atoms with Crippen LogP contribution in [0, 0.1) is 10.8 Å². The summed E-state index contributed by atoms with van der Waals surface area (Å²) in [5, 5.41) is 6.14. The first-order valence-electron chi connectivity index (χ1n) is 15.6. The number of carbonyl (C=O) groups is 3. The highest BCUT2D eigenvalue weighted by molar-refractivity contribution is 5.84. The van der Waals surface area contributed by atoms with E-state index in [-0.39, 0.29) is 48.3 Å². The number of unbranched alkanes of at least 4 members (excludes halogenated alkanes) is 5. The van der Waals surface area contributed by atoms with Crippen LogP contribution in [0.15, 0.2) is 0 Å². The molecular weight excluding hydrogens is 496 g/mol. The van der Waals surface area contributed by atoms with Gasteiger partial charge in [-0.25, -0.2) is 0 Å². The summed E-state index contributed by atoms with van der Waals surface area (Å²) in [4.78, 5) is 38.9. The summed E-state index contributed by atoms with van der Waals surface area (Å²) in [6.07, 6.45) is 14.1. The fourth-order valence-corrected chi connectivity index (χ4v) is 6.09. The Morgan fingerprint density at radius 3 is 2.31 bits per heavy atom. The molecule has 1 heterocycles. The van der Waals surface area contributed by atoms with Crippen molar-refractivity contribution in [3.63, 3.8) is 0 Å². The Bertz CT molecular complexity index is 822. The summed E-state index contributed by atoms with van der Waals surface area (Å²) in [6.45, 7) is 10.3. The van der Waals surface area contributed by atoms with Crippen LogP contribution in [-0.4, -0.2) is 55.0 Å². The Hall–Kier alpha value is -1.67. The van der Waals surface area contributed by atoms with E-state index in [9.17, 15) is 14.4 Å².